The number of ether oxygens (including phenoxy) is 1. The molecule has 0 aromatic carbocycles. The largest absolute Gasteiger partial charge is 0.473 e. The second-order valence-corrected chi connectivity index (χ2v) is 5.77. The summed E-state index contributed by atoms with van der Waals surface area (Å²) in [4.78, 5) is 10.7. The minimum Gasteiger partial charge on any atom is -0.473 e. The van der Waals surface area contributed by atoms with Crippen molar-refractivity contribution in [3.05, 3.63) is 6.33 Å². The minimum atomic E-state index is 0.0605. The Hall–Kier alpha value is -1.52. The molecule has 0 aliphatic carbocycles. The van der Waals surface area contributed by atoms with E-state index in [9.17, 15) is 0 Å². The predicted molar refractivity (Wildman–Crippen MR) is 77.4 cm³/mol. The molecule has 5 nitrogen and oxygen atoms in total. The highest BCUT2D eigenvalue weighted by atomic mass is 16.5. The Morgan fingerprint density at radius 2 is 2.05 bits per heavy atom. The summed E-state index contributed by atoms with van der Waals surface area (Å²) < 4.78 is 5.62. The second-order valence-electron chi connectivity index (χ2n) is 5.77. The fourth-order valence-corrected chi connectivity index (χ4v) is 2.40. The van der Waals surface area contributed by atoms with Gasteiger partial charge < -0.3 is 15.4 Å². The van der Waals surface area contributed by atoms with Crippen molar-refractivity contribution in [2.45, 2.75) is 40.2 Å². The van der Waals surface area contributed by atoms with Crippen molar-refractivity contribution in [3.63, 3.8) is 0 Å². The smallest absolute Gasteiger partial charge is 0.242 e. The number of rotatable bonds is 3. The Morgan fingerprint density at radius 1 is 1.32 bits per heavy atom. The molecule has 19 heavy (non-hydrogen) atoms. The summed E-state index contributed by atoms with van der Waals surface area (Å²) in [6, 6.07) is 0. The lowest BCUT2D eigenvalue weighted by molar-refractivity contribution is 0.233. The molecule has 0 amide bonds. The Morgan fingerprint density at radius 3 is 2.68 bits per heavy atom. The Bertz CT molecular complexity index is 435. The molecule has 2 atom stereocenters. The molecule has 1 aliphatic rings. The topological polar surface area (TPSA) is 64.3 Å². The fraction of sp³-hybridized carbons (Fsp3) is 0.714. The van der Waals surface area contributed by atoms with Crippen LogP contribution in [0.2, 0.25) is 0 Å². The molecule has 1 aromatic rings. The normalized spacial score (nSPS) is 23.7. The molecule has 2 rings (SSSR count). The van der Waals surface area contributed by atoms with E-state index >= 15 is 0 Å². The molecule has 1 aromatic heterocycles. The molecule has 106 valence electrons. The van der Waals surface area contributed by atoms with E-state index in [1.165, 1.54) is 12.7 Å². The van der Waals surface area contributed by atoms with Gasteiger partial charge in [-0.15, -0.1) is 0 Å². The van der Waals surface area contributed by atoms with Crippen LogP contribution in [0.3, 0.4) is 0 Å². The Kier molecular flexibility index (Phi) is 4.12. The molecular weight excluding hydrogens is 240 g/mol. The van der Waals surface area contributed by atoms with Crippen molar-refractivity contribution in [1.29, 1.82) is 0 Å². The molecular formula is C14H24N4O. The molecule has 1 aliphatic heterocycles. The van der Waals surface area contributed by atoms with E-state index in [1.54, 1.807) is 0 Å². The number of hydrogen-bond donors (Lipinski definition) is 1. The summed E-state index contributed by atoms with van der Waals surface area (Å²) in [5, 5.41) is 0. The number of aromatic nitrogens is 2. The van der Waals surface area contributed by atoms with Crippen LogP contribution >= 0.6 is 0 Å². The molecule has 0 radical (unpaired) electrons. The van der Waals surface area contributed by atoms with Gasteiger partial charge in [-0.05, 0) is 32.1 Å². The van der Waals surface area contributed by atoms with Crippen LogP contribution in [-0.4, -0.2) is 29.2 Å². The average Bonchev–Trinajstić information content (AvgIpc) is 2.35. The van der Waals surface area contributed by atoms with Crippen LogP contribution in [0.25, 0.3) is 0 Å². The summed E-state index contributed by atoms with van der Waals surface area (Å²) in [5.41, 5.74) is 6.70. The van der Waals surface area contributed by atoms with Crippen molar-refractivity contribution in [2.24, 2.45) is 11.8 Å². The first-order valence-electron chi connectivity index (χ1n) is 7.01. The van der Waals surface area contributed by atoms with E-state index in [4.69, 9.17) is 10.5 Å². The zero-order valence-electron chi connectivity index (χ0n) is 12.3. The predicted octanol–water partition coefficient (Wildman–Crippen LogP) is 2.33. The number of hydrogen-bond acceptors (Lipinski definition) is 5. The van der Waals surface area contributed by atoms with Gasteiger partial charge in [-0.1, -0.05) is 13.8 Å². The monoisotopic (exact) mass is 264 g/mol. The van der Waals surface area contributed by atoms with Gasteiger partial charge in [0.2, 0.25) is 5.88 Å². The van der Waals surface area contributed by atoms with E-state index in [-0.39, 0.29) is 6.10 Å². The van der Waals surface area contributed by atoms with Crippen LogP contribution < -0.4 is 15.4 Å². The van der Waals surface area contributed by atoms with Crippen LogP contribution in [0.15, 0.2) is 6.33 Å². The van der Waals surface area contributed by atoms with E-state index in [1.807, 2.05) is 13.8 Å². The first kappa shape index (κ1) is 13.9. The lowest BCUT2D eigenvalue weighted by atomic mass is 9.89. The van der Waals surface area contributed by atoms with Crippen molar-refractivity contribution < 1.29 is 4.74 Å². The summed E-state index contributed by atoms with van der Waals surface area (Å²) in [6.45, 7) is 10.5. The maximum Gasteiger partial charge on any atom is 0.242 e. The Labute approximate surface area is 115 Å². The molecule has 5 heteroatoms. The molecule has 0 saturated carbocycles. The van der Waals surface area contributed by atoms with Crippen LogP contribution in [0.4, 0.5) is 11.5 Å². The number of anilines is 2. The van der Waals surface area contributed by atoms with Crippen LogP contribution in [0.5, 0.6) is 5.88 Å². The summed E-state index contributed by atoms with van der Waals surface area (Å²) in [5.74, 6) is 2.71. The van der Waals surface area contributed by atoms with Gasteiger partial charge >= 0.3 is 0 Å². The SMILES string of the molecule is CC(C)Oc1ncnc(N2CCC(C)C(C)C2)c1N. The van der Waals surface area contributed by atoms with Gasteiger partial charge in [0, 0.05) is 13.1 Å². The van der Waals surface area contributed by atoms with Crippen LogP contribution in [0, 0.1) is 11.8 Å². The maximum absolute atomic E-state index is 6.15. The molecule has 2 heterocycles. The first-order valence-corrected chi connectivity index (χ1v) is 7.01. The molecule has 0 spiro atoms. The first-order chi connectivity index (χ1) is 8.99. The van der Waals surface area contributed by atoms with Gasteiger partial charge in [-0.25, -0.2) is 4.98 Å². The fourth-order valence-electron chi connectivity index (χ4n) is 2.40. The number of nitrogens with zero attached hydrogens (tertiary/aromatic N) is 3. The van der Waals surface area contributed by atoms with E-state index < -0.39 is 0 Å². The number of piperidine rings is 1. The number of nitrogens with two attached hydrogens (primary N) is 1. The molecule has 1 fully saturated rings. The maximum atomic E-state index is 6.15. The van der Waals surface area contributed by atoms with E-state index in [0.717, 1.165) is 24.8 Å². The standard InChI is InChI=1S/C14H24N4O/c1-9(2)19-14-12(15)13(16-8-17-14)18-6-5-10(3)11(4)7-18/h8-11H,5-7,15H2,1-4H3. The van der Waals surface area contributed by atoms with Gasteiger partial charge in [0.05, 0.1) is 6.10 Å². The van der Waals surface area contributed by atoms with Gasteiger partial charge in [0.25, 0.3) is 0 Å². The van der Waals surface area contributed by atoms with Crippen molar-refractivity contribution >= 4 is 11.5 Å². The zero-order chi connectivity index (χ0) is 14.0. The molecule has 2 unspecified atom stereocenters. The van der Waals surface area contributed by atoms with Crippen LogP contribution in [-0.2, 0) is 0 Å². The van der Waals surface area contributed by atoms with Gasteiger partial charge in [0.1, 0.15) is 12.0 Å². The van der Waals surface area contributed by atoms with Gasteiger partial charge in [-0.3, -0.25) is 0 Å². The van der Waals surface area contributed by atoms with Crippen molar-refractivity contribution in [1.82, 2.24) is 9.97 Å². The highest BCUT2D eigenvalue weighted by Gasteiger charge is 2.25. The van der Waals surface area contributed by atoms with Crippen molar-refractivity contribution in [3.8, 4) is 5.88 Å². The summed E-state index contributed by atoms with van der Waals surface area (Å²) in [6.07, 6.45) is 2.77. The third-order valence-corrected chi connectivity index (χ3v) is 3.81. The van der Waals surface area contributed by atoms with Gasteiger partial charge in [-0.2, -0.15) is 4.98 Å². The lowest BCUT2D eigenvalue weighted by Gasteiger charge is -2.36. The average molecular weight is 264 g/mol. The molecule has 0 bridgehead atoms. The van der Waals surface area contributed by atoms with E-state index in [0.29, 0.717) is 17.5 Å². The quantitative estimate of drug-likeness (QED) is 0.907. The zero-order valence-corrected chi connectivity index (χ0v) is 12.3. The molecule has 2 N–H and O–H groups in total. The highest BCUT2D eigenvalue weighted by molar-refractivity contribution is 5.67. The highest BCUT2D eigenvalue weighted by Crippen LogP contribution is 2.32. The van der Waals surface area contributed by atoms with Gasteiger partial charge in [0.15, 0.2) is 5.82 Å². The van der Waals surface area contributed by atoms with E-state index in [2.05, 4.69) is 28.7 Å². The summed E-state index contributed by atoms with van der Waals surface area (Å²) in [7, 11) is 0. The summed E-state index contributed by atoms with van der Waals surface area (Å²) >= 11 is 0. The Balaban J connectivity index is 2.20. The minimum absolute atomic E-state index is 0.0605. The van der Waals surface area contributed by atoms with Crippen LogP contribution in [0.1, 0.15) is 34.1 Å². The lowest BCUT2D eigenvalue weighted by Crippen LogP contribution is -2.39. The molecule has 1 saturated heterocycles. The third kappa shape index (κ3) is 3.08. The van der Waals surface area contributed by atoms with Crippen molar-refractivity contribution in [2.75, 3.05) is 23.7 Å². The third-order valence-electron chi connectivity index (χ3n) is 3.81. The number of nitrogen functional groups attached to an aromatic ring is 1. The second kappa shape index (κ2) is 5.63.